The van der Waals surface area contributed by atoms with Gasteiger partial charge in [0.15, 0.2) is 0 Å². The molecule has 0 radical (unpaired) electrons. The van der Waals surface area contributed by atoms with Crippen LogP contribution in [0.15, 0.2) is 24.3 Å². The minimum atomic E-state index is -0.339. The second kappa shape index (κ2) is 5.94. The highest BCUT2D eigenvalue weighted by Crippen LogP contribution is 2.20. The highest BCUT2D eigenvalue weighted by atomic mass is 19.1. The maximum Gasteiger partial charge on any atom is 0.330 e. The number of aromatic nitrogens is 3. The number of hydrogen-bond acceptors (Lipinski definition) is 6. The highest BCUT2D eigenvalue weighted by Gasteiger charge is 2.08. The van der Waals surface area contributed by atoms with Gasteiger partial charge in [-0.25, -0.2) is 4.39 Å². The molecular formula is C12H13FN4O2. The summed E-state index contributed by atoms with van der Waals surface area (Å²) in [7, 11) is 1.67. The number of halogens is 1. The van der Waals surface area contributed by atoms with Crippen LogP contribution in [0, 0.1) is 5.82 Å². The normalized spacial score (nSPS) is 10.1. The zero-order valence-electron chi connectivity index (χ0n) is 10.6. The molecule has 0 unspecified atom stereocenters. The molecule has 0 saturated carbocycles. The number of nitrogens with zero attached hydrogens (tertiary/aromatic N) is 3. The third-order valence-corrected chi connectivity index (χ3v) is 2.11. The molecular weight excluding hydrogens is 251 g/mol. The first kappa shape index (κ1) is 13.0. The van der Waals surface area contributed by atoms with Crippen LogP contribution >= 0.6 is 0 Å². The van der Waals surface area contributed by atoms with Gasteiger partial charge in [0.1, 0.15) is 11.6 Å². The molecule has 0 aliphatic heterocycles. The van der Waals surface area contributed by atoms with Crippen molar-refractivity contribution in [1.29, 1.82) is 0 Å². The van der Waals surface area contributed by atoms with Gasteiger partial charge in [-0.1, -0.05) is 0 Å². The van der Waals surface area contributed by atoms with Gasteiger partial charge < -0.3 is 14.8 Å². The molecule has 6 nitrogen and oxygen atoms in total. The van der Waals surface area contributed by atoms with E-state index in [4.69, 9.17) is 9.47 Å². The topological polar surface area (TPSA) is 69.2 Å². The standard InChI is InChI=1S/C12H13FN4O2/c1-3-18-11-15-10(14-2)16-12(17-11)19-9-6-4-8(13)5-7-9/h4-7H,3H2,1-2H3,(H,14,15,16,17). The predicted octanol–water partition coefficient (Wildman–Crippen LogP) is 2.24. The van der Waals surface area contributed by atoms with E-state index in [2.05, 4.69) is 20.3 Å². The average molecular weight is 264 g/mol. The fraction of sp³-hybridized carbons (Fsp3) is 0.250. The van der Waals surface area contributed by atoms with Crippen molar-refractivity contribution in [3.05, 3.63) is 30.1 Å². The summed E-state index contributed by atoms with van der Waals surface area (Å²) in [5.41, 5.74) is 0. The molecule has 0 fully saturated rings. The summed E-state index contributed by atoms with van der Waals surface area (Å²) in [6, 6.07) is 5.79. The van der Waals surface area contributed by atoms with E-state index >= 15 is 0 Å². The van der Waals surface area contributed by atoms with Crippen LogP contribution in [0.25, 0.3) is 0 Å². The van der Waals surface area contributed by atoms with Gasteiger partial charge in [-0.05, 0) is 31.2 Å². The number of rotatable bonds is 5. The Morgan fingerprint density at radius 1 is 1.11 bits per heavy atom. The molecule has 0 saturated heterocycles. The Bertz CT molecular complexity index is 548. The van der Waals surface area contributed by atoms with Crippen LogP contribution in [0.4, 0.5) is 10.3 Å². The Morgan fingerprint density at radius 2 is 1.79 bits per heavy atom. The van der Waals surface area contributed by atoms with E-state index in [1.807, 2.05) is 6.92 Å². The van der Waals surface area contributed by atoms with Gasteiger partial charge in [0.2, 0.25) is 5.95 Å². The van der Waals surface area contributed by atoms with Crippen molar-refractivity contribution < 1.29 is 13.9 Å². The average Bonchev–Trinajstić information content (AvgIpc) is 2.41. The monoisotopic (exact) mass is 264 g/mol. The van der Waals surface area contributed by atoms with Crippen LogP contribution in [0.3, 0.4) is 0 Å². The van der Waals surface area contributed by atoms with Crippen LogP contribution in [0.5, 0.6) is 17.8 Å². The molecule has 1 heterocycles. The second-order valence-electron chi connectivity index (χ2n) is 3.46. The SMILES string of the molecule is CCOc1nc(NC)nc(Oc2ccc(F)cc2)n1. The summed E-state index contributed by atoms with van der Waals surface area (Å²) < 4.78 is 23.4. The first-order chi connectivity index (χ1) is 9.21. The maximum absolute atomic E-state index is 12.8. The molecule has 0 atom stereocenters. The summed E-state index contributed by atoms with van der Waals surface area (Å²) in [4.78, 5) is 12.0. The number of ether oxygens (including phenoxy) is 2. The maximum atomic E-state index is 12.8. The van der Waals surface area contributed by atoms with E-state index in [1.54, 1.807) is 7.05 Å². The molecule has 2 aromatic rings. The highest BCUT2D eigenvalue weighted by molar-refractivity contribution is 5.29. The summed E-state index contributed by atoms with van der Waals surface area (Å²) in [6.45, 7) is 2.26. The zero-order chi connectivity index (χ0) is 13.7. The Kier molecular flexibility index (Phi) is 4.07. The lowest BCUT2D eigenvalue weighted by Gasteiger charge is -2.07. The summed E-state index contributed by atoms with van der Waals surface area (Å²) in [5.74, 6) is 0.418. The van der Waals surface area contributed by atoms with Crippen molar-refractivity contribution in [2.24, 2.45) is 0 Å². The molecule has 1 N–H and O–H groups in total. The van der Waals surface area contributed by atoms with Crippen molar-refractivity contribution >= 4 is 5.95 Å². The lowest BCUT2D eigenvalue weighted by atomic mass is 10.3. The quantitative estimate of drug-likeness (QED) is 0.893. The number of benzene rings is 1. The fourth-order valence-electron chi connectivity index (χ4n) is 1.30. The second-order valence-corrected chi connectivity index (χ2v) is 3.46. The van der Waals surface area contributed by atoms with Crippen molar-refractivity contribution in [3.63, 3.8) is 0 Å². The van der Waals surface area contributed by atoms with E-state index in [0.717, 1.165) is 0 Å². The fourth-order valence-corrected chi connectivity index (χ4v) is 1.30. The summed E-state index contributed by atoms with van der Waals surface area (Å²) in [6.07, 6.45) is 0. The van der Waals surface area contributed by atoms with Gasteiger partial charge in [0.25, 0.3) is 0 Å². The molecule has 0 bridgehead atoms. The zero-order valence-corrected chi connectivity index (χ0v) is 10.6. The minimum absolute atomic E-state index is 0.0782. The van der Waals surface area contributed by atoms with Gasteiger partial charge in [0, 0.05) is 7.05 Å². The smallest absolute Gasteiger partial charge is 0.330 e. The lowest BCUT2D eigenvalue weighted by Crippen LogP contribution is -2.05. The first-order valence-electron chi connectivity index (χ1n) is 5.71. The Balaban J connectivity index is 2.23. The lowest BCUT2D eigenvalue weighted by molar-refractivity contribution is 0.304. The Labute approximate surface area is 109 Å². The first-order valence-corrected chi connectivity index (χ1v) is 5.71. The summed E-state index contributed by atoms with van der Waals surface area (Å²) in [5, 5.41) is 2.78. The largest absolute Gasteiger partial charge is 0.464 e. The van der Waals surface area contributed by atoms with E-state index < -0.39 is 0 Å². The van der Waals surface area contributed by atoms with Crippen molar-refractivity contribution in [1.82, 2.24) is 15.0 Å². The minimum Gasteiger partial charge on any atom is -0.464 e. The molecule has 1 aromatic carbocycles. The van der Waals surface area contributed by atoms with Gasteiger partial charge in [-0.2, -0.15) is 9.97 Å². The molecule has 2 rings (SSSR count). The summed E-state index contributed by atoms with van der Waals surface area (Å²) >= 11 is 0. The van der Waals surface area contributed by atoms with Crippen LogP contribution < -0.4 is 14.8 Å². The molecule has 1 aromatic heterocycles. The van der Waals surface area contributed by atoms with E-state index in [1.165, 1.54) is 24.3 Å². The van der Waals surface area contributed by atoms with Crippen LogP contribution in [-0.2, 0) is 0 Å². The molecule has 0 amide bonds. The molecule has 19 heavy (non-hydrogen) atoms. The molecule has 0 aliphatic carbocycles. The van der Waals surface area contributed by atoms with E-state index in [0.29, 0.717) is 18.3 Å². The number of nitrogens with one attached hydrogen (secondary N) is 1. The third kappa shape index (κ3) is 3.51. The number of hydrogen-bond donors (Lipinski definition) is 1. The van der Waals surface area contributed by atoms with Gasteiger partial charge >= 0.3 is 12.0 Å². The van der Waals surface area contributed by atoms with E-state index in [9.17, 15) is 4.39 Å². The van der Waals surface area contributed by atoms with Gasteiger partial charge in [-0.15, -0.1) is 4.98 Å². The van der Waals surface area contributed by atoms with Gasteiger partial charge in [0.05, 0.1) is 6.61 Å². The van der Waals surface area contributed by atoms with Crippen LogP contribution in [0.2, 0.25) is 0 Å². The van der Waals surface area contributed by atoms with Crippen LogP contribution in [0.1, 0.15) is 6.92 Å². The van der Waals surface area contributed by atoms with Crippen molar-refractivity contribution in [3.8, 4) is 17.8 Å². The molecule has 7 heteroatoms. The predicted molar refractivity (Wildman–Crippen MR) is 67.0 cm³/mol. The van der Waals surface area contributed by atoms with Crippen molar-refractivity contribution in [2.45, 2.75) is 6.92 Å². The van der Waals surface area contributed by atoms with E-state index in [-0.39, 0.29) is 17.8 Å². The Morgan fingerprint density at radius 3 is 2.42 bits per heavy atom. The molecule has 0 spiro atoms. The van der Waals surface area contributed by atoms with Crippen LogP contribution in [-0.4, -0.2) is 28.6 Å². The van der Waals surface area contributed by atoms with Crippen molar-refractivity contribution in [2.75, 3.05) is 19.0 Å². The third-order valence-electron chi connectivity index (χ3n) is 2.11. The number of anilines is 1. The van der Waals surface area contributed by atoms with Gasteiger partial charge in [-0.3, -0.25) is 0 Å². The molecule has 100 valence electrons. The molecule has 0 aliphatic rings. The Hall–Kier alpha value is -2.44.